The Labute approximate surface area is 112 Å². The largest absolute Gasteiger partial charge is 0.383 e. The van der Waals surface area contributed by atoms with E-state index in [0.29, 0.717) is 18.5 Å². The van der Waals surface area contributed by atoms with E-state index in [4.69, 9.17) is 0 Å². The summed E-state index contributed by atoms with van der Waals surface area (Å²) >= 11 is 0. The third-order valence-electron chi connectivity index (χ3n) is 2.89. The predicted molar refractivity (Wildman–Crippen MR) is 75.8 cm³/mol. The number of nitrogens with one attached hydrogen (secondary N) is 1. The van der Waals surface area contributed by atoms with Crippen LogP contribution in [-0.4, -0.2) is 17.1 Å². The number of carbonyl (C=O) groups excluding carboxylic acids is 1. The molecule has 0 saturated carbocycles. The second-order valence-corrected chi connectivity index (χ2v) is 4.40. The van der Waals surface area contributed by atoms with Crippen LogP contribution in [0.3, 0.4) is 0 Å². The highest BCUT2D eigenvalue weighted by molar-refractivity contribution is 5.93. The summed E-state index contributed by atoms with van der Waals surface area (Å²) < 4.78 is 0. The van der Waals surface area contributed by atoms with Gasteiger partial charge in [0.2, 0.25) is 0 Å². The number of rotatable bonds is 5. The van der Waals surface area contributed by atoms with E-state index >= 15 is 0 Å². The Morgan fingerprint density at radius 3 is 2.21 bits per heavy atom. The van der Waals surface area contributed by atoms with Crippen LogP contribution in [0.4, 0.5) is 5.69 Å². The lowest BCUT2D eigenvalue weighted by Crippen LogP contribution is -2.28. The number of carbonyl (C=O) groups is 1. The fourth-order valence-corrected chi connectivity index (χ4v) is 1.83. The Kier molecular flexibility index (Phi) is 4.70. The van der Waals surface area contributed by atoms with Gasteiger partial charge in [0.25, 0.3) is 5.91 Å². The molecule has 3 heteroatoms. The quantitative estimate of drug-likeness (QED) is 0.862. The minimum absolute atomic E-state index is 0.359. The summed E-state index contributed by atoms with van der Waals surface area (Å²) in [6, 6.07) is 19.0. The summed E-state index contributed by atoms with van der Waals surface area (Å²) in [6.07, 6.45) is 0.118. The summed E-state index contributed by atoms with van der Waals surface area (Å²) in [5.41, 5.74) is 1.82. The Morgan fingerprint density at radius 1 is 1.00 bits per heavy atom. The molecular weight excluding hydrogens is 238 g/mol. The highest BCUT2D eigenvalue weighted by Crippen LogP contribution is 2.09. The number of aliphatic hydroxyl groups is 1. The van der Waals surface area contributed by atoms with Gasteiger partial charge in [-0.3, -0.25) is 4.79 Å². The first-order chi connectivity index (χ1) is 9.25. The van der Waals surface area contributed by atoms with Crippen molar-refractivity contribution in [2.75, 3.05) is 5.32 Å². The van der Waals surface area contributed by atoms with Crippen molar-refractivity contribution in [1.29, 1.82) is 0 Å². The van der Waals surface area contributed by atoms with E-state index in [1.54, 1.807) is 12.1 Å². The van der Waals surface area contributed by atoms with Crippen molar-refractivity contribution in [1.82, 2.24) is 0 Å². The molecule has 0 aliphatic rings. The first-order valence-electron chi connectivity index (χ1n) is 6.33. The van der Waals surface area contributed by atoms with Gasteiger partial charge < -0.3 is 10.4 Å². The SMILES string of the molecule is O=C(Nc1ccccc1)[C@@H](O)CCc1ccccc1. The van der Waals surface area contributed by atoms with Gasteiger partial charge in [-0.25, -0.2) is 0 Å². The summed E-state index contributed by atoms with van der Waals surface area (Å²) in [5.74, 6) is -0.359. The van der Waals surface area contributed by atoms with Crippen LogP contribution in [-0.2, 0) is 11.2 Å². The van der Waals surface area contributed by atoms with Crippen molar-refractivity contribution in [2.24, 2.45) is 0 Å². The van der Waals surface area contributed by atoms with Gasteiger partial charge in [0.05, 0.1) is 0 Å². The van der Waals surface area contributed by atoms with Gasteiger partial charge in [-0.05, 0) is 30.5 Å². The van der Waals surface area contributed by atoms with Gasteiger partial charge in [0.15, 0.2) is 0 Å². The molecule has 0 aliphatic heterocycles. The topological polar surface area (TPSA) is 49.3 Å². The molecule has 19 heavy (non-hydrogen) atoms. The molecule has 0 radical (unpaired) electrons. The van der Waals surface area contributed by atoms with Gasteiger partial charge >= 0.3 is 0 Å². The lowest BCUT2D eigenvalue weighted by Gasteiger charge is -2.11. The number of aryl methyl sites for hydroxylation is 1. The van der Waals surface area contributed by atoms with Gasteiger partial charge in [0.1, 0.15) is 6.10 Å². The number of hydrogen-bond acceptors (Lipinski definition) is 2. The Hall–Kier alpha value is -2.13. The molecule has 0 heterocycles. The monoisotopic (exact) mass is 255 g/mol. The highest BCUT2D eigenvalue weighted by atomic mass is 16.3. The molecule has 3 nitrogen and oxygen atoms in total. The van der Waals surface area contributed by atoms with Crippen LogP contribution >= 0.6 is 0 Å². The molecule has 0 aromatic heterocycles. The standard InChI is InChI=1S/C16H17NO2/c18-15(12-11-13-7-3-1-4-8-13)16(19)17-14-9-5-2-6-10-14/h1-10,15,18H,11-12H2,(H,17,19)/t15-/m0/s1. The minimum Gasteiger partial charge on any atom is -0.383 e. The molecule has 2 aromatic carbocycles. The second-order valence-electron chi connectivity index (χ2n) is 4.40. The molecule has 0 unspecified atom stereocenters. The van der Waals surface area contributed by atoms with Crippen molar-refractivity contribution >= 4 is 11.6 Å². The highest BCUT2D eigenvalue weighted by Gasteiger charge is 2.14. The molecule has 0 fully saturated rings. The molecule has 2 aromatic rings. The number of para-hydroxylation sites is 1. The molecule has 0 spiro atoms. The molecule has 1 amide bonds. The van der Waals surface area contributed by atoms with Crippen molar-refractivity contribution < 1.29 is 9.90 Å². The normalized spacial score (nSPS) is 11.8. The first-order valence-corrected chi connectivity index (χ1v) is 6.33. The Balaban J connectivity index is 1.83. The van der Waals surface area contributed by atoms with Crippen molar-refractivity contribution in [3.8, 4) is 0 Å². The number of hydrogen-bond donors (Lipinski definition) is 2. The van der Waals surface area contributed by atoms with E-state index < -0.39 is 6.10 Å². The zero-order chi connectivity index (χ0) is 13.5. The lowest BCUT2D eigenvalue weighted by atomic mass is 10.1. The van der Waals surface area contributed by atoms with E-state index in [2.05, 4.69) is 5.32 Å². The van der Waals surface area contributed by atoms with E-state index in [1.807, 2.05) is 48.5 Å². The fourth-order valence-electron chi connectivity index (χ4n) is 1.83. The molecule has 2 rings (SSSR count). The average molecular weight is 255 g/mol. The minimum atomic E-state index is -0.986. The van der Waals surface area contributed by atoms with Gasteiger partial charge in [0, 0.05) is 5.69 Å². The second kappa shape index (κ2) is 6.71. The van der Waals surface area contributed by atoms with E-state index in [-0.39, 0.29) is 5.91 Å². The summed E-state index contributed by atoms with van der Waals surface area (Å²) in [6.45, 7) is 0. The number of anilines is 1. The predicted octanol–water partition coefficient (Wildman–Crippen LogP) is 2.62. The molecular formula is C16H17NO2. The van der Waals surface area contributed by atoms with Crippen LogP contribution in [0.5, 0.6) is 0 Å². The fraction of sp³-hybridized carbons (Fsp3) is 0.188. The van der Waals surface area contributed by atoms with Crippen LogP contribution in [0.1, 0.15) is 12.0 Å². The van der Waals surface area contributed by atoms with Crippen LogP contribution < -0.4 is 5.32 Å². The van der Waals surface area contributed by atoms with Crippen molar-refractivity contribution in [3.05, 3.63) is 66.2 Å². The summed E-state index contributed by atoms with van der Waals surface area (Å²) in [4.78, 5) is 11.8. The molecule has 1 atom stereocenters. The molecule has 0 bridgehead atoms. The maximum atomic E-state index is 11.8. The average Bonchev–Trinajstić information content (AvgIpc) is 2.47. The Morgan fingerprint density at radius 2 is 1.58 bits per heavy atom. The van der Waals surface area contributed by atoms with Crippen LogP contribution in [0, 0.1) is 0 Å². The molecule has 0 aliphatic carbocycles. The molecule has 0 saturated heterocycles. The lowest BCUT2D eigenvalue weighted by molar-refractivity contribution is -0.124. The van der Waals surface area contributed by atoms with Crippen LogP contribution in [0.25, 0.3) is 0 Å². The van der Waals surface area contributed by atoms with Crippen molar-refractivity contribution in [2.45, 2.75) is 18.9 Å². The van der Waals surface area contributed by atoms with Crippen LogP contribution in [0.2, 0.25) is 0 Å². The van der Waals surface area contributed by atoms with E-state index in [0.717, 1.165) is 5.56 Å². The Bertz CT molecular complexity index is 511. The zero-order valence-corrected chi connectivity index (χ0v) is 10.6. The maximum absolute atomic E-state index is 11.8. The molecule has 2 N–H and O–H groups in total. The third kappa shape index (κ3) is 4.23. The number of aliphatic hydroxyl groups excluding tert-OH is 1. The van der Waals surface area contributed by atoms with Crippen LogP contribution in [0.15, 0.2) is 60.7 Å². The first kappa shape index (κ1) is 13.3. The zero-order valence-electron chi connectivity index (χ0n) is 10.6. The van der Waals surface area contributed by atoms with E-state index in [9.17, 15) is 9.90 Å². The number of benzene rings is 2. The summed E-state index contributed by atoms with van der Waals surface area (Å²) in [7, 11) is 0. The van der Waals surface area contributed by atoms with Gasteiger partial charge in [-0.2, -0.15) is 0 Å². The van der Waals surface area contributed by atoms with Gasteiger partial charge in [-0.1, -0.05) is 48.5 Å². The molecule has 98 valence electrons. The summed E-state index contributed by atoms with van der Waals surface area (Å²) in [5, 5.41) is 12.5. The van der Waals surface area contributed by atoms with Gasteiger partial charge in [-0.15, -0.1) is 0 Å². The van der Waals surface area contributed by atoms with E-state index in [1.165, 1.54) is 0 Å². The number of amides is 1. The smallest absolute Gasteiger partial charge is 0.253 e. The third-order valence-corrected chi connectivity index (χ3v) is 2.89. The van der Waals surface area contributed by atoms with Crippen molar-refractivity contribution in [3.63, 3.8) is 0 Å². The maximum Gasteiger partial charge on any atom is 0.253 e.